The third kappa shape index (κ3) is 1.58. The molecular weight excluding hydrogens is 136 g/mol. The smallest absolute Gasteiger partial charge is 0.0996 e. The molecule has 2 heteroatoms. The van der Waals surface area contributed by atoms with Crippen molar-refractivity contribution in [2.45, 2.75) is 13.8 Å². The number of allylic oxidation sites excluding steroid dienone is 2. The van der Waals surface area contributed by atoms with Crippen LogP contribution in [0.15, 0.2) is 25.2 Å². The molecule has 0 fully saturated rings. The van der Waals surface area contributed by atoms with Gasteiger partial charge in [-0.25, -0.2) is 4.98 Å². The zero-order valence-corrected chi connectivity index (χ0v) is 6.91. The van der Waals surface area contributed by atoms with Gasteiger partial charge in [0.15, 0.2) is 0 Å². The highest BCUT2D eigenvalue weighted by atomic mass is 15.0. The average molecular weight is 148 g/mol. The van der Waals surface area contributed by atoms with Crippen LogP contribution in [0.5, 0.6) is 0 Å². The summed E-state index contributed by atoms with van der Waals surface area (Å²) >= 11 is 0. The number of aromatic nitrogens is 2. The Labute approximate surface area is 66.9 Å². The number of imidazole rings is 1. The molecule has 0 saturated heterocycles. The summed E-state index contributed by atoms with van der Waals surface area (Å²) < 4.78 is 1.97. The molecule has 0 spiro atoms. The van der Waals surface area contributed by atoms with Crippen molar-refractivity contribution in [1.29, 1.82) is 0 Å². The lowest BCUT2D eigenvalue weighted by molar-refractivity contribution is 1.07. The summed E-state index contributed by atoms with van der Waals surface area (Å²) in [5, 5.41) is 0. The molecule has 0 saturated carbocycles. The van der Waals surface area contributed by atoms with Crippen molar-refractivity contribution < 1.29 is 0 Å². The Morgan fingerprint density at radius 2 is 2.45 bits per heavy atom. The highest BCUT2D eigenvalue weighted by molar-refractivity contribution is 5.46. The standard InChI is InChI=1S/C9H12N2/c1-4-8(3)11-6-9(5-2)10-7-11/h4-7H,2H2,1,3H3/b8-4+. The van der Waals surface area contributed by atoms with Crippen molar-refractivity contribution >= 4 is 11.8 Å². The SMILES string of the molecule is C=Cc1cn(/C(C)=C/C)cn1. The summed E-state index contributed by atoms with van der Waals surface area (Å²) in [7, 11) is 0. The lowest BCUT2D eigenvalue weighted by atomic mass is 10.4. The number of hydrogen-bond acceptors (Lipinski definition) is 1. The average Bonchev–Trinajstić information content (AvgIpc) is 2.50. The fourth-order valence-electron chi connectivity index (χ4n) is 0.785. The van der Waals surface area contributed by atoms with Crippen LogP contribution < -0.4 is 0 Å². The summed E-state index contributed by atoms with van der Waals surface area (Å²) in [5.41, 5.74) is 2.08. The van der Waals surface area contributed by atoms with Crippen LogP contribution in [-0.4, -0.2) is 9.55 Å². The lowest BCUT2D eigenvalue weighted by Gasteiger charge is -1.97. The van der Waals surface area contributed by atoms with Gasteiger partial charge in [0.05, 0.1) is 12.0 Å². The van der Waals surface area contributed by atoms with Crippen molar-refractivity contribution in [2.75, 3.05) is 0 Å². The van der Waals surface area contributed by atoms with E-state index in [1.807, 2.05) is 30.7 Å². The van der Waals surface area contributed by atoms with Gasteiger partial charge in [0.2, 0.25) is 0 Å². The van der Waals surface area contributed by atoms with E-state index >= 15 is 0 Å². The molecule has 1 aromatic rings. The van der Waals surface area contributed by atoms with Crippen LogP contribution in [-0.2, 0) is 0 Å². The van der Waals surface area contributed by atoms with Crippen LogP contribution in [0, 0.1) is 0 Å². The zero-order valence-electron chi connectivity index (χ0n) is 6.91. The van der Waals surface area contributed by atoms with E-state index in [1.165, 1.54) is 5.70 Å². The van der Waals surface area contributed by atoms with E-state index in [-0.39, 0.29) is 0 Å². The van der Waals surface area contributed by atoms with Crippen molar-refractivity contribution in [2.24, 2.45) is 0 Å². The molecule has 58 valence electrons. The van der Waals surface area contributed by atoms with Crippen LogP contribution >= 0.6 is 0 Å². The molecule has 0 radical (unpaired) electrons. The molecule has 0 atom stereocenters. The van der Waals surface area contributed by atoms with Crippen molar-refractivity contribution in [3.05, 3.63) is 30.9 Å². The largest absolute Gasteiger partial charge is 0.310 e. The van der Waals surface area contributed by atoms with Gasteiger partial charge >= 0.3 is 0 Å². The first-order chi connectivity index (χ1) is 5.27. The third-order valence-electron chi connectivity index (χ3n) is 1.64. The second-order valence-corrected chi connectivity index (χ2v) is 2.34. The number of rotatable bonds is 2. The molecule has 1 heterocycles. The van der Waals surface area contributed by atoms with Gasteiger partial charge in [-0.15, -0.1) is 0 Å². The molecule has 0 N–H and O–H groups in total. The number of hydrogen-bond donors (Lipinski definition) is 0. The first-order valence-corrected chi connectivity index (χ1v) is 3.57. The molecular formula is C9H12N2. The van der Waals surface area contributed by atoms with Gasteiger partial charge in [-0.2, -0.15) is 0 Å². The van der Waals surface area contributed by atoms with Gasteiger partial charge in [-0.05, 0) is 19.9 Å². The lowest BCUT2D eigenvalue weighted by Crippen LogP contribution is -1.86. The Hall–Kier alpha value is -1.31. The molecule has 11 heavy (non-hydrogen) atoms. The predicted octanol–water partition coefficient (Wildman–Crippen LogP) is 2.41. The van der Waals surface area contributed by atoms with Gasteiger partial charge < -0.3 is 4.57 Å². The van der Waals surface area contributed by atoms with Crippen LogP contribution in [0.3, 0.4) is 0 Å². The van der Waals surface area contributed by atoms with Crippen LogP contribution in [0.2, 0.25) is 0 Å². The number of nitrogens with zero attached hydrogens (tertiary/aromatic N) is 2. The second-order valence-electron chi connectivity index (χ2n) is 2.34. The highest BCUT2D eigenvalue weighted by Gasteiger charge is 1.93. The summed E-state index contributed by atoms with van der Waals surface area (Å²) in [4.78, 5) is 4.11. The quantitative estimate of drug-likeness (QED) is 0.629. The third-order valence-corrected chi connectivity index (χ3v) is 1.64. The molecule has 0 bridgehead atoms. The van der Waals surface area contributed by atoms with E-state index in [2.05, 4.69) is 11.6 Å². The molecule has 0 unspecified atom stereocenters. The van der Waals surface area contributed by atoms with E-state index in [0.29, 0.717) is 0 Å². The van der Waals surface area contributed by atoms with Gasteiger partial charge in [-0.1, -0.05) is 12.7 Å². The van der Waals surface area contributed by atoms with E-state index in [0.717, 1.165) is 5.69 Å². The highest BCUT2D eigenvalue weighted by Crippen LogP contribution is 2.04. The molecule has 1 rings (SSSR count). The van der Waals surface area contributed by atoms with Crippen molar-refractivity contribution in [1.82, 2.24) is 9.55 Å². The maximum atomic E-state index is 4.11. The van der Waals surface area contributed by atoms with Gasteiger partial charge in [0.1, 0.15) is 0 Å². The molecule has 2 nitrogen and oxygen atoms in total. The summed E-state index contributed by atoms with van der Waals surface area (Å²) in [6, 6.07) is 0. The fraction of sp³-hybridized carbons (Fsp3) is 0.222. The Bertz CT molecular complexity index is 282. The first kappa shape index (κ1) is 7.79. The summed E-state index contributed by atoms with van der Waals surface area (Å²) in [6.07, 6.45) is 7.50. The molecule has 0 aliphatic carbocycles. The Kier molecular flexibility index (Phi) is 2.26. The van der Waals surface area contributed by atoms with Crippen LogP contribution in [0.25, 0.3) is 11.8 Å². The molecule has 1 aromatic heterocycles. The molecule has 0 aliphatic heterocycles. The monoisotopic (exact) mass is 148 g/mol. The van der Waals surface area contributed by atoms with Crippen LogP contribution in [0.1, 0.15) is 19.5 Å². The van der Waals surface area contributed by atoms with Gasteiger partial charge in [0, 0.05) is 11.9 Å². The Morgan fingerprint density at radius 3 is 2.91 bits per heavy atom. The van der Waals surface area contributed by atoms with Crippen molar-refractivity contribution in [3.8, 4) is 0 Å². The second kappa shape index (κ2) is 3.19. The summed E-state index contributed by atoms with van der Waals surface area (Å²) in [5.74, 6) is 0. The van der Waals surface area contributed by atoms with E-state index in [4.69, 9.17) is 0 Å². The molecule has 0 aromatic carbocycles. The topological polar surface area (TPSA) is 17.8 Å². The minimum Gasteiger partial charge on any atom is -0.310 e. The predicted molar refractivity (Wildman–Crippen MR) is 47.9 cm³/mol. The maximum absolute atomic E-state index is 4.11. The minimum absolute atomic E-state index is 0.909. The fourth-order valence-corrected chi connectivity index (χ4v) is 0.785. The Balaban J connectivity index is 2.97. The van der Waals surface area contributed by atoms with E-state index in [9.17, 15) is 0 Å². The summed E-state index contributed by atoms with van der Waals surface area (Å²) in [6.45, 7) is 7.67. The normalized spacial score (nSPS) is 11.6. The minimum atomic E-state index is 0.909. The van der Waals surface area contributed by atoms with Gasteiger partial charge in [0.25, 0.3) is 0 Å². The van der Waals surface area contributed by atoms with Crippen LogP contribution in [0.4, 0.5) is 0 Å². The first-order valence-electron chi connectivity index (χ1n) is 3.57. The molecule has 0 amide bonds. The molecule has 0 aliphatic rings. The van der Waals surface area contributed by atoms with Crippen molar-refractivity contribution in [3.63, 3.8) is 0 Å². The van der Waals surface area contributed by atoms with E-state index in [1.54, 1.807) is 12.4 Å². The van der Waals surface area contributed by atoms with Gasteiger partial charge in [-0.3, -0.25) is 0 Å². The zero-order chi connectivity index (χ0) is 8.27. The maximum Gasteiger partial charge on any atom is 0.0996 e. The Morgan fingerprint density at radius 1 is 1.73 bits per heavy atom. The van der Waals surface area contributed by atoms with E-state index < -0.39 is 0 Å².